The summed E-state index contributed by atoms with van der Waals surface area (Å²) >= 11 is 0. The van der Waals surface area contributed by atoms with E-state index in [1.165, 1.54) is 31.1 Å². The maximum atomic E-state index is 13.4. The molecule has 1 unspecified atom stereocenters. The van der Waals surface area contributed by atoms with Gasteiger partial charge in [0.2, 0.25) is 0 Å². The molecule has 0 amide bonds. The summed E-state index contributed by atoms with van der Waals surface area (Å²) in [6.45, 7) is 4.10. The second-order valence-corrected chi connectivity index (χ2v) is 5.57. The molecule has 0 aliphatic carbocycles. The fourth-order valence-electron chi connectivity index (χ4n) is 2.92. The van der Waals surface area contributed by atoms with Crippen molar-refractivity contribution in [2.75, 3.05) is 18.0 Å². The van der Waals surface area contributed by atoms with E-state index in [1.54, 1.807) is 6.07 Å². The summed E-state index contributed by atoms with van der Waals surface area (Å²) in [4.78, 5) is 12.9. The van der Waals surface area contributed by atoms with Gasteiger partial charge in [-0.1, -0.05) is 13.3 Å². The third-order valence-corrected chi connectivity index (χ3v) is 4.16. The first-order valence-electron chi connectivity index (χ1n) is 7.55. The molecule has 114 valence electrons. The molecule has 1 aliphatic rings. The second kappa shape index (κ2) is 7.25. The van der Waals surface area contributed by atoms with Gasteiger partial charge in [0.15, 0.2) is 0 Å². The first kappa shape index (κ1) is 15.5. The van der Waals surface area contributed by atoms with Crippen LogP contribution in [0.2, 0.25) is 0 Å². The Kier molecular flexibility index (Phi) is 5.37. The van der Waals surface area contributed by atoms with E-state index in [9.17, 15) is 9.18 Å². The van der Waals surface area contributed by atoms with Crippen molar-refractivity contribution < 1.29 is 14.3 Å². The molecule has 0 spiro atoms. The first-order valence-corrected chi connectivity index (χ1v) is 7.55. The number of rotatable bonds is 4. The molecule has 0 bridgehead atoms. The number of halogens is 1. The van der Waals surface area contributed by atoms with Crippen LogP contribution >= 0.6 is 0 Å². The predicted molar refractivity (Wildman–Crippen MR) is 82.9 cm³/mol. The molecule has 3 nitrogen and oxygen atoms in total. The minimum atomic E-state index is -1.02. The van der Waals surface area contributed by atoms with Crippen LogP contribution in [0.5, 0.6) is 0 Å². The van der Waals surface area contributed by atoms with Gasteiger partial charge in [0, 0.05) is 30.4 Å². The third kappa shape index (κ3) is 4.31. The molecule has 1 atom stereocenters. The van der Waals surface area contributed by atoms with Crippen molar-refractivity contribution in [3.63, 3.8) is 0 Å². The Labute approximate surface area is 125 Å². The van der Waals surface area contributed by atoms with Crippen molar-refractivity contribution in [1.29, 1.82) is 0 Å². The van der Waals surface area contributed by atoms with Crippen LogP contribution in [-0.2, 0) is 4.79 Å². The number of carbonyl (C=O) groups is 1. The van der Waals surface area contributed by atoms with E-state index >= 15 is 0 Å². The lowest BCUT2D eigenvalue weighted by atomic mass is 9.98. The summed E-state index contributed by atoms with van der Waals surface area (Å²) in [6, 6.07) is 4.59. The Balaban J connectivity index is 2.23. The number of aliphatic carboxylic acids is 1. The van der Waals surface area contributed by atoms with Crippen molar-refractivity contribution in [2.45, 2.75) is 32.6 Å². The van der Waals surface area contributed by atoms with E-state index in [2.05, 4.69) is 11.8 Å². The Bertz CT molecular complexity index is 528. The molecule has 1 aliphatic heterocycles. The van der Waals surface area contributed by atoms with Gasteiger partial charge in [0.1, 0.15) is 5.82 Å². The molecule has 2 rings (SSSR count). The van der Waals surface area contributed by atoms with Crippen LogP contribution < -0.4 is 4.90 Å². The molecule has 1 aromatic rings. The molecule has 0 radical (unpaired) electrons. The Morgan fingerprint density at radius 3 is 2.95 bits per heavy atom. The van der Waals surface area contributed by atoms with Crippen molar-refractivity contribution >= 4 is 17.7 Å². The molecule has 21 heavy (non-hydrogen) atoms. The molecular weight excluding hydrogens is 269 g/mol. The molecule has 1 fully saturated rings. The van der Waals surface area contributed by atoms with E-state index in [0.717, 1.165) is 43.6 Å². The van der Waals surface area contributed by atoms with Gasteiger partial charge in [-0.3, -0.25) is 0 Å². The Morgan fingerprint density at radius 2 is 2.24 bits per heavy atom. The first-order chi connectivity index (χ1) is 10.1. The maximum Gasteiger partial charge on any atom is 0.328 e. The molecule has 1 aromatic carbocycles. The standard InChI is InChI=1S/C17H22FNO2/c1-2-13-4-3-10-19(11-9-13)16-7-6-15(18)12-14(16)5-8-17(20)21/h5-8,12-13H,2-4,9-11H2,1H3,(H,20,21). The van der Waals surface area contributed by atoms with Crippen LogP contribution in [0.25, 0.3) is 6.08 Å². The number of carboxylic acids is 1. The number of hydrogen-bond acceptors (Lipinski definition) is 2. The Hall–Kier alpha value is -1.84. The second-order valence-electron chi connectivity index (χ2n) is 5.57. The van der Waals surface area contributed by atoms with Gasteiger partial charge in [-0.05, 0) is 49.5 Å². The molecule has 1 saturated heterocycles. The number of benzene rings is 1. The number of anilines is 1. The summed E-state index contributed by atoms with van der Waals surface area (Å²) < 4.78 is 13.4. The number of carboxylic acid groups (broad SMARTS) is 1. The lowest BCUT2D eigenvalue weighted by Gasteiger charge is -2.25. The van der Waals surface area contributed by atoms with Gasteiger partial charge in [-0.2, -0.15) is 0 Å². The van der Waals surface area contributed by atoms with Crippen molar-refractivity contribution in [3.05, 3.63) is 35.7 Å². The smallest absolute Gasteiger partial charge is 0.328 e. The molecule has 4 heteroatoms. The monoisotopic (exact) mass is 291 g/mol. The molecular formula is C17H22FNO2. The van der Waals surface area contributed by atoms with E-state index in [0.29, 0.717) is 5.56 Å². The predicted octanol–water partition coefficient (Wildman–Crippen LogP) is 3.94. The fourth-order valence-corrected chi connectivity index (χ4v) is 2.92. The largest absolute Gasteiger partial charge is 0.478 e. The van der Waals surface area contributed by atoms with Crippen LogP contribution in [0.4, 0.5) is 10.1 Å². The molecule has 1 heterocycles. The highest BCUT2D eigenvalue weighted by Gasteiger charge is 2.17. The van der Waals surface area contributed by atoms with Crippen molar-refractivity contribution in [2.24, 2.45) is 5.92 Å². The van der Waals surface area contributed by atoms with E-state index in [4.69, 9.17) is 5.11 Å². The normalized spacial score (nSPS) is 19.7. The molecule has 0 saturated carbocycles. The van der Waals surface area contributed by atoms with Crippen LogP contribution in [0.15, 0.2) is 24.3 Å². The Morgan fingerprint density at radius 1 is 1.43 bits per heavy atom. The highest BCUT2D eigenvalue weighted by atomic mass is 19.1. The van der Waals surface area contributed by atoms with E-state index in [-0.39, 0.29) is 5.82 Å². The van der Waals surface area contributed by atoms with Crippen LogP contribution in [-0.4, -0.2) is 24.2 Å². The van der Waals surface area contributed by atoms with Gasteiger partial charge < -0.3 is 10.0 Å². The molecule has 0 aromatic heterocycles. The minimum Gasteiger partial charge on any atom is -0.478 e. The van der Waals surface area contributed by atoms with E-state index in [1.807, 2.05) is 0 Å². The SMILES string of the molecule is CCC1CCCN(c2ccc(F)cc2C=CC(=O)O)CC1. The van der Waals surface area contributed by atoms with E-state index < -0.39 is 5.97 Å². The summed E-state index contributed by atoms with van der Waals surface area (Å²) in [6.07, 6.45) is 7.22. The van der Waals surface area contributed by atoms with Gasteiger partial charge in [0.05, 0.1) is 0 Å². The summed E-state index contributed by atoms with van der Waals surface area (Å²) in [5.74, 6) is -0.606. The van der Waals surface area contributed by atoms with Gasteiger partial charge in [-0.15, -0.1) is 0 Å². The van der Waals surface area contributed by atoms with Crippen LogP contribution in [0.3, 0.4) is 0 Å². The number of hydrogen-bond donors (Lipinski definition) is 1. The zero-order chi connectivity index (χ0) is 15.2. The zero-order valence-corrected chi connectivity index (χ0v) is 12.4. The quantitative estimate of drug-likeness (QED) is 0.854. The highest BCUT2D eigenvalue weighted by molar-refractivity contribution is 5.87. The lowest BCUT2D eigenvalue weighted by Crippen LogP contribution is -2.25. The third-order valence-electron chi connectivity index (χ3n) is 4.16. The van der Waals surface area contributed by atoms with Crippen LogP contribution in [0, 0.1) is 11.7 Å². The van der Waals surface area contributed by atoms with Gasteiger partial charge in [-0.25, -0.2) is 9.18 Å². The summed E-state index contributed by atoms with van der Waals surface area (Å²) in [5, 5.41) is 8.76. The summed E-state index contributed by atoms with van der Waals surface area (Å²) in [5.41, 5.74) is 1.55. The van der Waals surface area contributed by atoms with Crippen molar-refractivity contribution in [1.82, 2.24) is 0 Å². The maximum absolute atomic E-state index is 13.4. The zero-order valence-electron chi connectivity index (χ0n) is 12.4. The highest BCUT2D eigenvalue weighted by Crippen LogP contribution is 2.28. The average molecular weight is 291 g/mol. The fraction of sp³-hybridized carbons (Fsp3) is 0.471. The average Bonchev–Trinajstić information content (AvgIpc) is 2.70. The number of nitrogens with zero attached hydrogens (tertiary/aromatic N) is 1. The van der Waals surface area contributed by atoms with Crippen molar-refractivity contribution in [3.8, 4) is 0 Å². The van der Waals surface area contributed by atoms with Gasteiger partial charge in [0.25, 0.3) is 0 Å². The molecule has 1 N–H and O–H groups in total. The van der Waals surface area contributed by atoms with Gasteiger partial charge >= 0.3 is 5.97 Å². The van der Waals surface area contributed by atoms with Crippen LogP contribution in [0.1, 0.15) is 38.2 Å². The topological polar surface area (TPSA) is 40.5 Å². The lowest BCUT2D eigenvalue weighted by molar-refractivity contribution is -0.131. The minimum absolute atomic E-state index is 0.343. The summed E-state index contributed by atoms with van der Waals surface area (Å²) in [7, 11) is 0.